The molecular formula is C17H14BrNO. The minimum atomic E-state index is -0.540. The van der Waals surface area contributed by atoms with Crippen LogP contribution in [-0.2, 0) is 6.42 Å². The summed E-state index contributed by atoms with van der Waals surface area (Å²) in [6, 6.07) is 17.8. The molecule has 0 amide bonds. The van der Waals surface area contributed by atoms with Gasteiger partial charge in [-0.2, -0.15) is 0 Å². The van der Waals surface area contributed by atoms with Crippen LogP contribution in [0.3, 0.4) is 0 Å². The Morgan fingerprint density at radius 3 is 2.60 bits per heavy atom. The van der Waals surface area contributed by atoms with Crippen molar-refractivity contribution in [2.75, 3.05) is 0 Å². The fraction of sp³-hybridized carbons (Fsp3) is 0.118. The summed E-state index contributed by atoms with van der Waals surface area (Å²) in [7, 11) is 0. The van der Waals surface area contributed by atoms with E-state index in [1.807, 2.05) is 54.6 Å². The lowest BCUT2D eigenvalue weighted by molar-refractivity contribution is 0.180. The van der Waals surface area contributed by atoms with E-state index < -0.39 is 6.10 Å². The molecule has 100 valence electrons. The quantitative estimate of drug-likeness (QED) is 0.779. The van der Waals surface area contributed by atoms with E-state index in [4.69, 9.17) is 0 Å². The van der Waals surface area contributed by atoms with Gasteiger partial charge in [0.05, 0.1) is 11.6 Å². The molecule has 2 aromatic carbocycles. The van der Waals surface area contributed by atoms with E-state index in [2.05, 4.69) is 20.9 Å². The van der Waals surface area contributed by atoms with Gasteiger partial charge in [-0.1, -0.05) is 52.3 Å². The average molecular weight is 328 g/mol. The highest BCUT2D eigenvalue weighted by molar-refractivity contribution is 9.10. The highest BCUT2D eigenvalue weighted by Gasteiger charge is 2.13. The number of para-hydroxylation sites is 1. The van der Waals surface area contributed by atoms with Gasteiger partial charge >= 0.3 is 0 Å². The zero-order chi connectivity index (χ0) is 13.9. The molecule has 0 saturated carbocycles. The van der Waals surface area contributed by atoms with Gasteiger partial charge in [0.15, 0.2) is 0 Å². The second-order valence-electron chi connectivity index (χ2n) is 4.73. The number of rotatable bonds is 3. The second-order valence-corrected chi connectivity index (χ2v) is 5.58. The molecule has 1 unspecified atom stereocenters. The van der Waals surface area contributed by atoms with E-state index in [0.717, 1.165) is 26.5 Å². The Morgan fingerprint density at radius 1 is 1.00 bits per heavy atom. The first-order valence-corrected chi connectivity index (χ1v) is 7.30. The standard InChI is InChI=1S/C17H14BrNO/c18-15-7-3-1-5-12(15)11-17(20)14-9-10-19-16-8-4-2-6-13(14)16/h1-10,17,20H,11H2. The lowest BCUT2D eigenvalue weighted by atomic mass is 9.98. The Balaban J connectivity index is 1.97. The lowest BCUT2D eigenvalue weighted by Crippen LogP contribution is -2.03. The van der Waals surface area contributed by atoms with E-state index in [0.29, 0.717) is 6.42 Å². The number of benzene rings is 2. The van der Waals surface area contributed by atoms with Crippen LogP contribution in [0.25, 0.3) is 10.9 Å². The van der Waals surface area contributed by atoms with Crippen molar-refractivity contribution < 1.29 is 5.11 Å². The van der Waals surface area contributed by atoms with Crippen LogP contribution in [0.5, 0.6) is 0 Å². The first-order valence-electron chi connectivity index (χ1n) is 6.51. The van der Waals surface area contributed by atoms with Crippen LogP contribution in [0.4, 0.5) is 0 Å². The third kappa shape index (κ3) is 2.60. The minimum Gasteiger partial charge on any atom is -0.388 e. The van der Waals surface area contributed by atoms with Crippen molar-refractivity contribution >= 4 is 26.8 Å². The topological polar surface area (TPSA) is 33.1 Å². The molecule has 2 nitrogen and oxygen atoms in total. The van der Waals surface area contributed by atoms with E-state index in [-0.39, 0.29) is 0 Å². The summed E-state index contributed by atoms with van der Waals surface area (Å²) in [6.45, 7) is 0. The van der Waals surface area contributed by atoms with E-state index in [9.17, 15) is 5.11 Å². The molecule has 1 heterocycles. The molecule has 3 heteroatoms. The van der Waals surface area contributed by atoms with Crippen LogP contribution in [0, 0.1) is 0 Å². The minimum absolute atomic E-state index is 0.540. The van der Waals surface area contributed by atoms with Gasteiger partial charge in [0.2, 0.25) is 0 Å². The average Bonchev–Trinajstić information content (AvgIpc) is 2.49. The number of aromatic nitrogens is 1. The Labute approximate surface area is 126 Å². The van der Waals surface area contributed by atoms with E-state index in [1.165, 1.54) is 0 Å². The molecule has 3 rings (SSSR count). The summed E-state index contributed by atoms with van der Waals surface area (Å²) < 4.78 is 1.03. The zero-order valence-electron chi connectivity index (χ0n) is 10.8. The number of fused-ring (bicyclic) bond motifs is 1. The largest absolute Gasteiger partial charge is 0.388 e. The van der Waals surface area contributed by atoms with Crippen LogP contribution in [-0.4, -0.2) is 10.1 Å². The summed E-state index contributed by atoms with van der Waals surface area (Å²) in [5, 5.41) is 11.6. The maximum absolute atomic E-state index is 10.5. The highest BCUT2D eigenvalue weighted by atomic mass is 79.9. The Morgan fingerprint density at radius 2 is 1.75 bits per heavy atom. The molecule has 0 spiro atoms. The number of aliphatic hydroxyl groups excluding tert-OH is 1. The van der Waals surface area contributed by atoms with Gasteiger partial charge in [0, 0.05) is 22.5 Å². The van der Waals surface area contributed by atoms with Crippen molar-refractivity contribution in [1.29, 1.82) is 0 Å². The first-order chi connectivity index (χ1) is 9.75. The molecule has 0 fully saturated rings. The number of halogens is 1. The van der Waals surface area contributed by atoms with Gasteiger partial charge < -0.3 is 5.11 Å². The predicted molar refractivity (Wildman–Crippen MR) is 84.5 cm³/mol. The van der Waals surface area contributed by atoms with Crippen molar-refractivity contribution in [1.82, 2.24) is 4.98 Å². The number of aliphatic hydroxyl groups is 1. The molecule has 1 atom stereocenters. The zero-order valence-corrected chi connectivity index (χ0v) is 12.4. The van der Waals surface area contributed by atoms with Crippen molar-refractivity contribution in [3.63, 3.8) is 0 Å². The molecular weight excluding hydrogens is 314 g/mol. The number of nitrogens with zero attached hydrogens (tertiary/aromatic N) is 1. The molecule has 3 aromatic rings. The second kappa shape index (κ2) is 5.73. The summed E-state index contributed by atoms with van der Waals surface area (Å²) in [4.78, 5) is 4.33. The summed E-state index contributed by atoms with van der Waals surface area (Å²) >= 11 is 3.52. The van der Waals surface area contributed by atoms with Crippen molar-refractivity contribution in [3.8, 4) is 0 Å². The molecule has 0 saturated heterocycles. The van der Waals surface area contributed by atoms with Gasteiger partial charge in [-0.15, -0.1) is 0 Å². The SMILES string of the molecule is OC(Cc1ccccc1Br)c1ccnc2ccccc12. The molecule has 0 aliphatic carbocycles. The maximum atomic E-state index is 10.5. The van der Waals surface area contributed by atoms with Crippen LogP contribution in [0.1, 0.15) is 17.2 Å². The fourth-order valence-electron chi connectivity index (χ4n) is 2.39. The van der Waals surface area contributed by atoms with Crippen LogP contribution in [0.15, 0.2) is 65.3 Å². The third-order valence-corrected chi connectivity index (χ3v) is 4.19. The Hall–Kier alpha value is -1.71. The van der Waals surface area contributed by atoms with Crippen LogP contribution < -0.4 is 0 Å². The smallest absolute Gasteiger partial charge is 0.0837 e. The fourth-order valence-corrected chi connectivity index (χ4v) is 2.84. The number of hydrogen-bond donors (Lipinski definition) is 1. The molecule has 0 aliphatic rings. The van der Waals surface area contributed by atoms with E-state index in [1.54, 1.807) is 6.20 Å². The molecule has 1 aromatic heterocycles. The maximum Gasteiger partial charge on any atom is 0.0837 e. The number of hydrogen-bond acceptors (Lipinski definition) is 2. The van der Waals surface area contributed by atoms with Crippen molar-refractivity contribution in [2.24, 2.45) is 0 Å². The molecule has 0 radical (unpaired) electrons. The van der Waals surface area contributed by atoms with Crippen LogP contribution >= 0.6 is 15.9 Å². The van der Waals surface area contributed by atoms with Crippen molar-refractivity contribution in [3.05, 3.63) is 76.4 Å². The predicted octanol–water partition coefficient (Wildman–Crippen LogP) is 4.27. The Bertz CT molecular complexity index is 736. The molecule has 1 N–H and O–H groups in total. The van der Waals surface area contributed by atoms with Gasteiger partial charge in [-0.3, -0.25) is 4.98 Å². The molecule has 0 bridgehead atoms. The van der Waals surface area contributed by atoms with Gasteiger partial charge in [0.25, 0.3) is 0 Å². The summed E-state index contributed by atoms with van der Waals surface area (Å²) in [6.07, 6.45) is 1.79. The monoisotopic (exact) mass is 327 g/mol. The van der Waals surface area contributed by atoms with Gasteiger partial charge in [0.1, 0.15) is 0 Å². The Kier molecular flexibility index (Phi) is 3.81. The third-order valence-electron chi connectivity index (χ3n) is 3.41. The molecule has 20 heavy (non-hydrogen) atoms. The van der Waals surface area contributed by atoms with Crippen molar-refractivity contribution in [2.45, 2.75) is 12.5 Å². The summed E-state index contributed by atoms with van der Waals surface area (Å²) in [5.74, 6) is 0. The molecule has 0 aliphatic heterocycles. The highest BCUT2D eigenvalue weighted by Crippen LogP contribution is 2.27. The lowest BCUT2D eigenvalue weighted by Gasteiger charge is -2.14. The normalized spacial score (nSPS) is 12.5. The summed E-state index contributed by atoms with van der Waals surface area (Å²) in [5.41, 5.74) is 2.93. The van der Waals surface area contributed by atoms with Gasteiger partial charge in [-0.05, 0) is 29.3 Å². The van der Waals surface area contributed by atoms with E-state index >= 15 is 0 Å². The van der Waals surface area contributed by atoms with Gasteiger partial charge in [-0.25, -0.2) is 0 Å². The first kappa shape index (κ1) is 13.3. The number of pyridine rings is 1. The van der Waals surface area contributed by atoms with Crippen LogP contribution in [0.2, 0.25) is 0 Å².